The lowest BCUT2D eigenvalue weighted by Crippen LogP contribution is -2.70. The molecule has 0 saturated heterocycles. The molecule has 0 saturated carbocycles. The molecule has 0 spiro atoms. The van der Waals surface area contributed by atoms with Crippen molar-refractivity contribution < 1.29 is 13.3 Å². The molecule has 0 aliphatic heterocycles. The third-order valence-corrected chi connectivity index (χ3v) is 26.5. The fourth-order valence-corrected chi connectivity index (χ4v) is 23.0. The van der Waals surface area contributed by atoms with Crippen LogP contribution in [-0.2, 0) is 13.3 Å². The monoisotopic (exact) mass is 626 g/mol. The summed E-state index contributed by atoms with van der Waals surface area (Å²) in [4.78, 5) is 0. The standard InChI is InChI=1S/C33H70O3Si4/c1-19-30(20-2,34-39(16,17)33(25-7,26-8)35-38(14,15)28-10)31(21-3,22-4)40(18,29-11)36-32(23-5,24-6)37(12,13)27-9/h27-29H,9-11,19-26H2,1-8,12-18H3. The maximum Gasteiger partial charge on any atom is 0.222 e. The van der Waals surface area contributed by atoms with Crippen molar-refractivity contribution >= 4 is 33.0 Å². The minimum Gasteiger partial charge on any atom is -0.409 e. The van der Waals surface area contributed by atoms with Crippen molar-refractivity contribution in [3.63, 3.8) is 0 Å². The maximum absolute atomic E-state index is 7.85. The smallest absolute Gasteiger partial charge is 0.222 e. The molecule has 0 amide bonds. The molecule has 0 aliphatic carbocycles. The second-order valence-corrected chi connectivity index (χ2v) is 30.3. The average molecular weight is 627 g/mol. The minimum absolute atomic E-state index is 0.143. The van der Waals surface area contributed by atoms with Crippen LogP contribution in [0.5, 0.6) is 0 Å². The molecule has 40 heavy (non-hydrogen) atoms. The van der Waals surface area contributed by atoms with Gasteiger partial charge in [0.25, 0.3) is 0 Å². The molecule has 1 atom stereocenters. The van der Waals surface area contributed by atoms with Crippen LogP contribution in [-0.4, -0.2) is 49.1 Å². The predicted molar refractivity (Wildman–Crippen MR) is 191 cm³/mol. The molecule has 3 nitrogen and oxygen atoms in total. The van der Waals surface area contributed by atoms with Gasteiger partial charge in [-0.25, -0.2) is 0 Å². The first-order valence-electron chi connectivity index (χ1n) is 16.3. The molecule has 7 heteroatoms. The lowest BCUT2D eigenvalue weighted by molar-refractivity contribution is -0.0383. The maximum atomic E-state index is 7.85. The van der Waals surface area contributed by atoms with Crippen molar-refractivity contribution in [2.24, 2.45) is 0 Å². The van der Waals surface area contributed by atoms with Crippen molar-refractivity contribution in [1.82, 2.24) is 0 Å². The van der Waals surface area contributed by atoms with E-state index in [2.05, 4.69) is 138 Å². The fourth-order valence-electron chi connectivity index (χ4n) is 8.08. The van der Waals surface area contributed by atoms with Gasteiger partial charge in [0, 0.05) is 5.04 Å². The Balaban J connectivity index is 7.47. The molecule has 0 bridgehead atoms. The normalized spacial score (nSPS) is 16.0. The van der Waals surface area contributed by atoms with Crippen molar-refractivity contribution in [2.45, 2.75) is 174 Å². The van der Waals surface area contributed by atoms with Crippen LogP contribution in [0.2, 0.25) is 50.9 Å². The van der Waals surface area contributed by atoms with Gasteiger partial charge in [0.15, 0.2) is 0 Å². The van der Waals surface area contributed by atoms with Gasteiger partial charge in [-0.15, -0.1) is 19.7 Å². The van der Waals surface area contributed by atoms with Gasteiger partial charge in [-0.05, 0) is 84.1 Å². The topological polar surface area (TPSA) is 27.7 Å². The highest BCUT2D eigenvalue weighted by Crippen LogP contribution is 2.61. The Kier molecular flexibility index (Phi) is 14.6. The lowest BCUT2D eigenvalue weighted by atomic mass is 9.78. The zero-order valence-electron chi connectivity index (χ0n) is 29.7. The summed E-state index contributed by atoms with van der Waals surface area (Å²) < 4.78 is 22.7. The van der Waals surface area contributed by atoms with Crippen LogP contribution in [0.15, 0.2) is 36.8 Å². The van der Waals surface area contributed by atoms with Gasteiger partial charge in [0.1, 0.15) is 8.07 Å². The summed E-state index contributed by atoms with van der Waals surface area (Å²) in [6.45, 7) is 48.2. The van der Waals surface area contributed by atoms with Gasteiger partial charge in [0.2, 0.25) is 25.0 Å². The van der Waals surface area contributed by atoms with Crippen LogP contribution < -0.4 is 0 Å². The summed E-state index contributed by atoms with van der Waals surface area (Å²) in [5.74, 6) is 0. The van der Waals surface area contributed by atoms with Gasteiger partial charge >= 0.3 is 0 Å². The lowest BCUT2D eigenvalue weighted by Gasteiger charge is -2.62. The minimum atomic E-state index is -2.62. The van der Waals surface area contributed by atoms with Gasteiger partial charge in [-0.2, -0.15) is 0 Å². The van der Waals surface area contributed by atoms with E-state index in [1.807, 2.05) is 0 Å². The third kappa shape index (κ3) is 6.86. The third-order valence-electron chi connectivity index (χ3n) is 11.4. The predicted octanol–water partition coefficient (Wildman–Crippen LogP) is 11.2. The van der Waals surface area contributed by atoms with E-state index in [-0.39, 0.29) is 21.1 Å². The van der Waals surface area contributed by atoms with E-state index in [4.69, 9.17) is 13.3 Å². The van der Waals surface area contributed by atoms with Crippen LogP contribution in [0.4, 0.5) is 0 Å². The highest BCUT2D eigenvalue weighted by molar-refractivity contribution is 6.87. The van der Waals surface area contributed by atoms with E-state index in [9.17, 15) is 0 Å². The second kappa shape index (κ2) is 14.6. The molecule has 0 aromatic heterocycles. The van der Waals surface area contributed by atoms with E-state index in [1.54, 1.807) is 0 Å². The molecule has 0 aromatic carbocycles. The SMILES string of the molecule is C=C[Si](C)(C)OC(CC)(CC)[Si](C)(C)OC(CC)(CC)C(CC)(CC)[Si](C)(C=C)OC(CC)(CC)[Si](C)(C)C=C. The number of rotatable bonds is 21. The molecule has 1 unspecified atom stereocenters. The number of hydrogen-bond donors (Lipinski definition) is 0. The first-order valence-corrected chi connectivity index (χ1v) is 27.8. The van der Waals surface area contributed by atoms with Crippen LogP contribution in [0.3, 0.4) is 0 Å². The van der Waals surface area contributed by atoms with Crippen molar-refractivity contribution in [3.05, 3.63) is 36.8 Å². The van der Waals surface area contributed by atoms with Crippen LogP contribution >= 0.6 is 0 Å². The molecular formula is C33H70O3Si4. The Labute approximate surface area is 256 Å². The highest BCUT2D eigenvalue weighted by Gasteiger charge is 2.65. The molecule has 0 aromatic rings. The first-order chi connectivity index (χ1) is 18.3. The Morgan fingerprint density at radius 1 is 0.500 bits per heavy atom. The van der Waals surface area contributed by atoms with Gasteiger partial charge in [-0.1, -0.05) is 85.6 Å². The zero-order valence-corrected chi connectivity index (χ0v) is 33.7. The first kappa shape index (κ1) is 40.0. The number of hydrogen-bond acceptors (Lipinski definition) is 3. The Morgan fingerprint density at radius 2 is 0.925 bits per heavy atom. The molecule has 0 radical (unpaired) electrons. The second-order valence-electron chi connectivity index (χ2n) is 13.8. The molecular weight excluding hydrogens is 557 g/mol. The Morgan fingerprint density at radius 3 is 1.20 bits per heavy atom. The van der Waals surface area contributed by atoms with Crippen LogP contribution in [0, 0.1) is 0 Å². The zero-order chi connectivity index (χ0) is 31.9. The average Bonchev–Trinajstić information content (AvgIpc) is 2.94. The van der Waals surface area contributed by atoms with Gasteiger partial charge in [-0.3, -0.25) is 0 Å². The summed E-state index contributed by atoms with van der Waals surface area (Å²) in [6.07, 6.45) is 7.77. The summed E-state index contributed by atoms with van der Waals surface area (Å²) in [5.41, 5.74) is 6.22. The van der Waals surface area contributed by atoms with Crippen LogP contribution in [0.25, 0.3) is 0 Å². The van der Waals surface area contributed by atoms with Gasteiger partial charge < -0.3 is 13.3 Å². The van der Waals surface area contributed by atoms with Crippen molar-refractivity contribution in [1.29, 1.82) is 0 Å². The van der Waals surface area contributed by atoms with E-state index < -0.39 is 33.0 Å². The summed E-state index contributed by atoms with van der Waals surface area (Å²) >= 11 is 0. The molecule has 0 rings (SSSR count). The summed E-state index contributed by atoms with van der Waals surface area (Å²) in [6, 6.07) is 0. The van der Waals surface area contributed by atoms with E-state index in [0.717, 1.165) is 51.4 Å². The summed E-state index contributed by atoms with van der Waals surface area (Å²) in [5, 5.41) is -0.602. The summed E-state index contributed by atoms with van der Waals surface area (Å²) in [7, 11) is -9.03. The Hall–Kier alpha value is -0.0325. The quantitative estimate of drug-likeness (QED) is 0.119. The van der Waals surface area contributed by atoms with E-state index >= 15 is 0 Å². The molecule has 0 fully saturated rings. The highest BCUT2D eigenvalue weighted by atomic mass is 28.4. The molecule has 236 valence electrons. The Bertz CT molecular complexity index is 820. The molecule has 0 aliphatic rings. The van der Waals surface area contributed by atoms with Crippen molar-refractivity contribution in [2.75, 3.05) is 0 Å². The molecule has 0 heterocycles. The fraction of sp³-hybridized carbons (Fsp3) is 0.818. The van der Waals surface area contributed by atoms with Gasteiger partial charge in [0.05, 0.1) is 16.0 Å². The van der Waals surface area contributed by atoms with Crippen LogP contribution in [0.1, 0.15) is 107 Å². The van der Waals surface area contributed by atoms with Crippen molar-refractivity contribution in [3.8, 4) is 0 Å². The van der Waals surface area contributed by atoms with E-state index in [1.165, 1.54) is 0 Å². The van der Waals surface area contributed by atoms with E-state index in [0.29, 0.717) is 0 Å². The largest absolute Gasteiger partial charge is 0.409 e. The molecule has 0 N–H and O–H groups in total.